The quantitative estimate of drug-likeness (QED) is 0.810. The Morgan fingerprint density at radius 2 is 1.95 bits per heavy atom. The van der Waals surface area contributed by atoms with Crippen LogP contribution in [-0.2, 0) is 7.05 Å². The van der Waals surface area contributed by atoms with Crippen molar-refractivity contribution in [1.82, 2.24) is 40.3 Å². The standard InChI is InChI=1S/C11H19N9/c1-8(10-14-16-17-18(10)3)19-4-6-20(7-5-19)11-12-9(2)13-15-11/h8H,4-7H2,1-3H3,(H,12,13,15). The first-order chi connectivity index (χ1) is 9.65. The van der Waals surface area contributed by atoms with Crippen LogP contribution < -0.4 is 4.90 Å². The van der Waals surface area contributed by atoms with Crippen LogP contribution in [-0.4, -0.2) is 66.5 Å². The average Bonchev–Trinajstić information content (AvgIpc) is 3.07. The van der Waals surface area contributed by atoms with E-state index in [1.807, 2.05) is 14.0 Å². The second-order valence-electron chi connectivity index (χ2n) is 5.08. The summed E-state index contributed by atoms with van der Waals surface area (Å²) in [4.78, 5) is 8.95. The number of nitrogens with one attached hydrogen (secondary N) is 1. The van der Waals surface area contributed by atoms with Crippen molar-refractivity contribution in [3.8, 4) is 0 Å². The van der Waals surface area contributed by atoms with Crippen LogP contribution in [0.5, 0.6) is 0 Å². The highest BCUT2D eigenvalue weighted by atomic mass is 15.5. The van der Waals surface area contributed by atoms with Gasteiger partial charge in [-0.2, -0.15) is 4.98 Å². The molecule has 108 valence electrons. The highest BCUT2D eigenvalue weighted by Crippen LogP contribution is 2.20. The van der Waals surface area contributed by atoms with Gasteiger partial charge in [0.05, 0.1) is 6.04 Å². The van der Waals surface area contributed by atoms with E-state index < -0.39 is 0 Å². The van der Waals surface area contributed by atoms with E-state index in [0.717, 1.165) is 43.8 Å². The zero-order chi connectivity index (χ0) is 14.1. The van der Waals surface area contributed by atoms with Gasteiger partial charge in [-0.25, -0.2) is 4.68 Å². The molecule has 0 aromatic carbocycles. The summed E-state index contributed by atoms with van der Waals surface area (Å²) in [5, 5.41) is 18.8. The Hall–Kier alpha value is -2.03. The smallest absolute Gasteiger partial charge is 0.244 e. The highest BCUT2D eigenvalue weighted by Gasteiger charge is 2.26. The number of nitrogens with zero attached hydrogens (tertiary/aromatic N) is 8. The van der Waals surface area contributed by atoms with Crippen molar-refractivity contribution < 1.29 is 0 Å². The fourth-order valence-corrected chi connectivity index (χ4v) is 2.54. The lowest BCUT2D eigenvalue weighted by Gasteiger charge is -2.36. The number of rotatable bonds is 3. The van der Waals surface area contributed by atoms with E-state index in [0.29, 0.717) is 0 Å². The van der Waals surface area contributed by atoms with Gasteiger partial charge in [0.15, 0.2) is 5.82 Å². The third kappa shape index (κ3) is 2.36. The summed E-state index contributed by atoms with van der Waals surface area (Å²) in [7, 11) is 1.87. The Balaban J connectivity index is 1.62. The van der Waals surface area contributed by atoms with Crippen molar-refractivity contribution >= 4 is 5.95 Å². The van der Waals surface area contributed by atoms with E-state index in [9.17, 15) is 0 Å². The van der Waals surface area contributed by atoms with Crippen molar-refractivity contribution in [3.63, 3.8) is 0 Å². The lowest BCUT2D eigenvalue weighted by Crippen LogP contribution is -2.48. The number of piperazine rings is 1. The second-order valence-corrected chi connectivity index (χ2v) is 5.08. The lowest BCUT2D eigenvalue weighted by molar-refractivity contribution is 0.187. The van der Waals surface area contributed by atoms with Crippen LogP contribution in [0.25, 0.3) is 0 Å². The van der Waals surface area contributed by atoms with Gasteiger partial charge in [-0.05, 0) is 24.3 Å². The monoisotopic (exact) mass is 277 g/mol. The highest BCUT2D eigenvalue weighted by molar-refractivity contribution is 5.29. The van der Waals surface area contributed by atoms with Gasteiger partial charge in [0.1, 0.15) is 5.82 Å². The number of H-pyrrole nitrogens is 1. The van der Waals surface area contributed by atoms with Crippen LogP contribution >= 0.6 is 0 Å². The molecule has 1 aliphatic rings. The SMILES string of the molecule is Cc1nc(N2CCN(C(C)c3nnnn3C)CC2)n[nH]1. The maximum atomic E-state index is 4.37. The maximum absolute atomic E-state index is 4.37. The normalized spacial score (nSPS) is 18.4. The van der Waals surface area contributed by atoms with Gasteiger partial charge in [-0.3, -0.25) is 10.00 Å². The van der Waals surface area contributed by atoms with Crippen LogP contribution in [0.4, 0.5) is 5.95 Å². The third-order valence-corrected chi connectivity index (χ3v) is 3.76. The van der Waals surface area contributed by atoms with Crippen LogP contribution in [0.3, 0.4) is 0 Å². The van der Waals surface area contributed by atoms with E-state index >= 15 is 0 Å². The van der Waals surface area contributed by atoms with Gasteiger partial charge in [0, 0.05) is 33.2 Å². The Morgan fingerprint density at radius 3 is 2.50 bits per heavy atom. The molecule has 0 amide bonds. The molecule has 0 bridgehead atoms. The van der Waals surface area contributed by atoms with E-state index in [1.54, 1.807) is 4.68 Å². The molecule has 1 atom stereocenters. The van der Waals surface area contributed by atoms with Crippen molar-refractivity contribution in [2.75, 3.05) is 31.1 Å². The number of hydrogen-bond donors (Lipinski definition) is 1. The number of hydrogen-bond acceptors (Lipinski definition) is 7. The molecule has 20 heavy (non-hydrogen) atoms. The first-order valence-electron chi connectivity index (χ1n) is 6.75. The van der Waals surface area contributed by atoms with Crippen molar-refractivity contribution in [1.29, 1.82) is 0 Å². The van der Waals surface area contributed by atoms with E-state index in [-0.39, 0.29) is 6.04 Å². The zero-order valence-electron chi connectivity index (χ0n) is 12.0. The van der Waals surface area contributed by atoms with Gasteiger partial charge in [-0.1, -0.05) is 0 Å². The summed E-state index contributed by atoms with van der Waals surface area (Å²) < 4.78 is 1.73. The van der Waals surface area contributed by atoms with Crippen LogP contribution in [0.2, 0.25) is 0 Å². The molecule has 1 saturated heterocycles. The van der Waals surface area contributed by atoms with Crippen LogP contribution in [0, 0.1) is 6.92 Å². The molecule has 9 heteroatoms. The van der Waals surface area contributed by atoms with Gasteiger partial charge < -0.3 is 4.90 Å². The number of aromatic amines is 1. The second kappa shape index (κ2) is 5.16. The molecular formula is C11H19N9. The summed E-state index contributed by atoms with van der Waals surface area (Å²) in [5.74, 6) is 2.53. The minimum Gasteiger partial charge on any atom is -0.337 e. The molecular weight excluding hydrogens is 258 g/mol. The summed E-state index contributed by atoms with van der Waals surface area (Å²) in [6.07, 6.45) is 0. The molecule has 2 aromatic heterocycles. The molecule has 3 heterocycles. The lowest BCUT2D eigenvalue weighted by atomic mass is 10.2. The first-order valence-corrected chi connectivity index (χ1v) is 6.75. The summed E-state index contributed by atoms with van der Waals surface area (Å²) in [5.41, 5.74) is 0. The molecule has 0 aliphatic carbocycles. The van der Waals surface area contributed by atoms with E-state index in [2.05, 4.69) is 47.4 Å². The third-order valence-electron chi connectivity index (χ3n) is 3.76. The van der Waals surface area contributed by atoms with Crippen LogP contribution in [0.15, 0.2) is 0 Å². The zero-order valence-corrected chi connectivity index (χ0v) is 12.0. The summed E-state index contributed by atoms with van der Waals surface area (Å²) >= 11 is 0. The maximum Gasteiger partial charge on any atom is 0.244 e. The molecule has 9 nitrogen and oxygen atoms in total. The first kappa shape index (κ1) is 13.0. The summed E-state index contributed by atoms with van der Waals surface area (Å²) in [6.45, 7) is 7.76. The molecule has 1 unspecified atom stereocenters. The Bertz CT molecular complexity index is 566. The van der Waals surface area contributed by atoms with Gasteiger partial charge in [0.25, 0.3) is 0 Å². The average molecular weight is 277 g/mol. The van der Waals surface area contributed by atoms with Crippen molar-refractivity contribution in [2.45, 2.75) is 19.9 Å². The Labute approximate surface area is 117 Å². The topological polar surface area (TPSA) is 91.7 Å². The van der Waals surface area contributed by atoms with E-state index in [4.69, 9.17) is 0 Å². The molecule has 1 fully saturated rings. The molecule has 1 N–H and O–H groups in total. The Kier molecular flexibility index (Phi) is 3.35. The number of anilines is 1. The molecule has 0 saturated carbocycles. The molecule has 2 aromatic rings. The number of aryl methyl sites for hydroxylation is 2. The predicted molar refractivity (Wildman–Crippen MR) is 72.1 cm³/mol. The van der Waals surface area contributed by atoms with Crippen LogP contribution in [0.1, 0.15) is 24.6 Å². The summed E-state index contributed by atoms with van der Waals surface area (Å²) in [6, 6.07) is 0.214. The minimum absolute atomic E-state index is 0.214. The Morgan fingerprint density at radius 1 is 1.20 bits per heavy atom. The van der Waals surface area contributed by atoms with Gasteiger partial charge >= 0.3 is 0 Å². The molecule has 1 aliphatic heterocycles. The number of aromatic nitrogens is 7. The van der Waals surface area contributed by atoms with Crippen molar-refractivity contribution in [3.05, 3.63) is 11.6 Å². The fraction of sp³-hybridized carbons (Fsp3) is 0.727. The molecule has 3 rings (SSSR count). The molecule has 0 spiro atoms. The van der Waals surface area contributed by atoms with Gasteiger partial charge in [-0.15, -0.1) is 10.2 Å². The van der Waals surface area contributed by atoms with Gasteiger partial charge in [0.2, 0.25) is 5.95 Å². The van der Waals surface area contributed by atoms with Crippen molar-refractivity contribution in [2.24, 2.45) is 7.05 Å². The predicted octanol–water partition coefficient (Wildman–Crippen LogP) is -0.480. The minimum atomic E-state index is 0.214. The number of tetrazole rings is 1. The largest absolute Gasteiger partial charge is 0.337 e. The fourth-order valence-electron chi connectivity index (χ4n) is 2.54. The molecule has 0 radical (unpaired) electrons. The van der Waals surface area contributed by atoms with E-state index in [1.165, 1.54) is 0 Å².